The summed E-state index contributed by atoms with van der Waals surface area (Å²) in [6.45, 7) is 3.61. The van der Waals surface area contributed by atoms with Gasteiger partial charge in [0.25, 0.3) is 5.91 Å². The largest absolute Gasteiger partial charge is 0.447 e. The van der Waals surface area contributed by atoms with Gasteiger partial charge < -0.3 is 9.64 Å². The molecule has 1 aromatic carbocycles. The molecule has 2 aliphatic rings. The van der Waals surface area contributed by atoms with E-state index in [0.717, 1.165) is 10.6 Å². The van der Waals surface area contributed by atoms with Gasteiger partial charge in [0, 0.05) is 32.2 Å². The van der Waals surface area contributed by atoms with E-state index in [1.165, 1.54) is 7.05 Å². The maximum absolute atomic E-state index is 12.9. The Morgan fingerprint density at radius 1 is 1.27 bits per heavy atom. The second-order valence-electron chi connectivity index (χ2n) is 6.79. The van der Waals surface area contributed by atoms with Gasteiger partial charge in [0.15, 0.2) is 0 Å². The molecule has 2 aliphatic heterocycles. The van der Waals surface area contributed by atoms with Crippen LogP contribution < -0.4 is 4.31 Å². The third kappa shape index (κ3) is 3.11. The van der Waals surface area contributed by atoms with E-state index < -0.39 is 15.6 Å². The number of amides is 2. The molecule has 2 heterocycles. The van der Waals surface area contributed by atoms with E-state index in [4.69, 9.17) is 4.74 Å². The average molecular weight is 381 g/mol. The number of carbonyl (C=O) groups is 2. The van der Waals surface area contributed by atoms with E-state index in [2.05, 4.69) is 0 Å². The van der Waals surface area contributed by atoms with Crippen LogP contribution in [0, 0.1) is 0 Å². The van der Waals surface area contributed by atoms with Gasteiger partial charge in [-0.05, 0) is 30.7 Å². The van der Waals surface area contributed by atoms with E-state index >= 15 is 0 Å². The molecule has 2 saturated heterocycles. The standard InChI is InChI=1S/C17H23N3O5S/c1-4-17-11-19(9-10-20(17)16(22)25-12-17)15(21)13-5-7-14(8-6-13)18(2)26(3,23)24/h5-8H,4,9-12H2,1-3H3. The van der Waals surface area contributed by atoms with Crippen LogP contribution in [0.2, 0.25) is 0 Å². The number of hydrogen-bond donors (Lipinski definition) is 0. The number of benzene rings is 1. The van der Waals surface area contributed by atoms with Crippen LogP contribution in [-0.4, -0.2) is 75.3 Å². The second-order valence-corrected chi connectivity index (χ2v) is 8.80. The average Bonchev–Trinajstić information content (AvgIpc) is 2.96. The third-order valence-corrected chi connectivity index (χ3v) is 6.46. The van der Waals surface area contributed by atoms with Crippen LogP contribution in [-0.2, 0) is 14.8 Å². The van der Waals surface area contributed by atoms with Gasteiger partial charge in [-0.15, -0.1) is 0 Å². The van der Waals surface area contributed by atoms with E-state index in [9.17, 15) is 18.0 Å². The molecule has 0 N–H and O–H groups in total. The highest BCUT2D eigenvalue weighted by molar-refractivity contribution is 7.92. The van der Waals surface area contributed by atoms with Crippen molar-refractivity contribution in [1.82, 2.24) is 9.80 Å². The number of fused-ring (bicyclic) bond motifs is 1. The monoisotopic (exact) mass is 381 g/mol. The first-order valence-corrected chi connectivity index (χ1v) is 10.3. The molecule has 2 fully saturated rings. The number of sulfonamides is 1. The molecule has 0 bridgehead atoms. The van der Waals surface area contributed by atoms with Gasteiger partial charge in [0.2, 0.25) is 10.0 Å². The van der Waals surface area contributed by atoms with Crippen LogP contribution in [0.25, 0.3) is 0 Å². The first kappa shape index (κ1) is 18.5. The molecule has 0 spiro atoms. The molecule has 2 amide bonds. The van der Waals surface area contributed by atoms with Crippen LogP contribution in [0.5, 0.6) is 0 Å². The van der Waals surface area contributed by atoms with Gasteiger partial charge in [-0.2, -0.15) is 0 Å². The highest BCUT2D eigenvalue weighted by atomic mass is 32.2. The number of carbonyl (C=O) groups excluding carboxylic acids is 2. The zero-order valence-electron chi connectivity index (χ0n) is 15.1. The molecular weight excluding hydrogens is 358 g/mol. The summed E-state index contributed by atoms with van der Waals surface area (Å²) < 4.78 is 29.6. The van der Waals surface area contributed by atoms with E-state index in [1.807, 2.05) is 6.92 Å². The Bertz CT molecular complexity index is 823. The van der Waals surface area contributed by atoms with Crippen molar-refractivity contribution in [2.24, 2.45) is 0 Å². The van der Waals surface area contributed by atoms with E-state index in [-0.39, 0.29) is 12.0 Å². The van der Waals surface area contributed by atoms with Crippen LogP contribution in [0.4, 0.5) is 10.5 Å². The fourth-order valence-corrected chi connectivity index (χ4v) is 3.93. The molecule has 0 saturated carbocycles. The molecule has 0 aromatic heterocycles. The summed E-state index contributed by atoms with van der Waals surface area (Å²) in [7, 11) is -1.88. The summed E-state index contributed by atoms with van der Waals surface area (Å²) in [4.78, 5) is 28.2. The van der Waals surface area contributed by atoms with Crippen molar-refractivity contribution in [3.05, 3.63) is 29.8 Å². The number of anilines is 1. The van der Waals surface area contributed by atoms with Gasteiger partial charge in [-0.1, -0.05) is 6.92 Å². The van der Waals surface area contributed by atoms with Gasteiger partial charge in [0.1, 0.15) is 6.61 Å². The molecule has 1 unspecified atom stereocenters. The number of cyclic esters (lactones) is 1. The molecule has 0 aliphatic carbocycles. The van der Waals surface area contributed by atoms with E-state index in [0.29, 0.717) is 43.9 Å². The lowest BCUT2D eigenvalue weighted by atomic mass is 9.92. The SMILES string of the molecule is CCC12COC(=O)N1CCN(C(=O)c1ccc(N(C)S(C)(=O)=O)cc1)C2. The number of ether oxygens (including phenoxy) is 1. The van der Waals surface area contributed by atoms with Crippen LogP contribution in [0.3, 0.4) is 0 Å². The smallest absolute Gasteiger partial charge is 0.410 e. The number of rotatable bonds is 4. The minimum absolute atomic E-state index is 0.134. The fraction of sp³-hybridized carbons (Fsp3) is 0.529. The predicted octanol–water partition coefficient (Wildman–Crippen LogP) is 1.14. The Balaban J connectivity index is 1.77. The fourth-order valence-electron chi connectivity index (χ4n) is 3.43. The lowest BCUT2D eigenvalue weighted by Crippen LogP contribution is -2.62. The summed E-state index contributed by atoms with van der Waals surface area (Å²) >= 11 is 0. The molecule has 142 valence electrons. The molecule has 9 heteroatoms. The van der Waals surface area contributed by atoms with Crippen molar-refractivity contribution in [3.63, 3.8) is 0 Å². The number of nitrogens with zero attached hydrogens (tertiary/aromatic N) is 3. The van der Waals surface area contributed by atoms with Crippen LogP contribution in [0.1, 0.15) is 23.7 Å². The third-order valence-electron chi connectivity index (χ3n) is 5.26. The van der Waals surface area contributed by atoms with Gasteiger partial charge >= 0.3 is 6.09 Å². The quantitative estimate of drug-likeness (QED) is 0.781. The Labute approximate surface area is 153 Å². The highest BCUT2D eigenvalue weighted by Crippen LogP contribution is 2.32. The molecular formula is C17H23N3O5S. The van der Waals surface area contributed by atoms with E-state index in [1.54, 1.807) is 34.1 Å². The molecule has 1 atom stereocenters. The minimum atomic E-state index is -3.35. The maximum Gasteiger partial charge on any atom is 0.410 e. The Morgan fingerprint density at radius 3 is 2.50 bits per heavy atom. The zero-order valence-corrected chi connectivity index (χ0v) is 16.0. The molecule has 3 rings (SSSR count). The summed E-state index contributed by atoms with van der Waals surface area (Å²) in [5.41, 5.74) is 0.524. The number of piperazine rings is 1. The maximum atomic E-state index is 12.9. The molecule has 1 aromatic rings. The molecule has 0 radical (unpaired) electrons. The van der Waals surface area contributed by atoms with Crippen LogP contribution >= 0.6 is 0 Å². The summed E-state index contributed by atoms with van der Waals surface area (Å²) in [5, 5.41) is 0. The minimum Gasteiger partial charge on any atom is -0.447 e. The van der Waals surface area contributed by atoms with Crippen molar-refractivity contribution in [1.29, 1.82) is 0 Å². The van der Waals surface area contributed by atoms with Gasteiger partial charge in [0.05, 0.1) is 17.5 Å². The zero-order chi connectivity index (χ0) is 19.1. The summed E-state index contributed by atoms with van der Waals surface area (Å²) in [5.74, 6) is -0.134. The van der Waals surface area contributed by atoms with Gasteiger partial charge in [-0.3, -0.25) is 14.0 Å². The predicted molar refractivity (Wildman–Crippen MR) is 96.7 cm³/mol. The first-order valence-electron chi connectivity index (χ1n) is 8.45. The van der Waals surface area contributed by atoms with Crippen molar-refractivity contribution in [2.45, 2.75) is 18.9 Å². The Kier molecular flexibility index (Phi) is 4.60. The summed E-state index contributed by atoms with van der Waals surface area (Å²) in [6.07, 6.45) is 1.52. The van der Waals surface area contributed by atoms with Crippen LogP contribution in [0.15, 0.2) is 24.3 Å². The van der Waals surface area contributed by atoms with Crippen molar-refractivity contribution in [3.8, 4) is 0 Å². The van der Waals surface area contributed by atoms with Crippen molar-refractivity contribution < 1.29 is 22.7 Å². The second kappa shape index (κ2) is 6.46. The van der Waals surface area contributed by atoms with Crippen molar-refractivity contribution in [2.75, 3.05) is 43.8 Å². The Hall–Kier alpha value is -2.29. The lowest BCUT2D eigenvalue weighted by Gasteiger charge is -2.44. The highest BCUT2D eigenvalue weighted by Gasteiger charge is 2.50. The molecule has 8 nitrogen and oxygen atoms in total. The van der Waals surface area contributed by atoms with Crippen molar-refractivity contribution >= 4 is 27.7 Å². The van der Waals surface area contributed by atoms with Gasteiger partial charge in [-0.25, -0.2) is 13.2 Å². The lowest BCUT2D eigenvalue weighted by molar-refractivity contribution is 0.0362. The summed E-state index contributed by atoms with van der Waals surface area (Å²) in [6, 6.07) is 6.48. The molecule has 26 heavy (non-hydrogen) atoms. The normalized spacial score (nSPS) is 22.8. The Morgan fingerprint density at radius 2 is 1.92 bits per heavy atom. The topological polar surface area (TPSA) is 87.2 Å². The first-order chi connectivity index (χ1) is 12.2. The number of hydrogen-bond acceptors (Lipinski definition) is 5.